The summed E-state index contributed by atoms with van der Waals surface area (Å²) in [6, 6.07) is 0. The molecule has 0 aromatic rings. The molecule has 0 saturated carbocycles. The summed E-state index contributed by atoms with van der Waals surface area (Å²) in [5.74, 6) is -1.90. The topological polar surface area (TPSA) is 110 Å². The molecular formula is C9H18O6. The fraction of sp³-hybridized carbons (Fsp3) is 1.00. The third kappa shape index (κ3) is 2.30. The van der Waals surface area contributed by atoms with Crippen molar-refractivity contribution in [3.05, 3.63) is 0 Å². The molecule has 0 aromatic carbocycles. The monoisotopic (exact) mass is 222 g/mol. The summed E-state index contributed by atoms with van der Waals surface area (Å²) in [4.78, 5) is 0. The smallest absolute Gasteiger partial charge is 0.195 e. The second-order valence-corrected chi connectivity index (χ2v) is 3.86. The molecule has 0 aliphatic carbocycles. The van der Waals surface area contributed by atoms with E-state index in [1.807, 2.05) is 0 Å². The Morgan fingerprint density at radius 2 is 1.80 bits per heavy atom. The summed E-state index contributed by atoms with van der Waals surface area (Å²) >= 11 is 0. The van der Waals surface area contributed by atoms with E-state index in [2.05, 4.69) is 0 Å². The number of aliphatic hydroxyl groups excluding tert-OH is 4. The second-order valence-electron chi connectivity index (χ2n) is 3.86. The molecule has 1 aliphatic heterocycles. The molecule has 0 spiro atoms. The van der Waals surface area contributed by atoms with Crippen LogP contribution in [0.1, 0.15) is 19.8 Å². The number of ether oxygens (including phenoxy) is 1. The lowest BCUT2D eigenvalue weighted by molar-refractivity contribution is -0.351. The van der Waals surface area contributed by atoms with Crippen LogP contribution in [0.2, 0.25) is 0 Å². The van der Waals surface area contributed by atoms with Crippen molar-refractivity contribution in [2.45, 2.75) is 50.0 Å². The van der Waals surface area contributed by atoms with Crippen LogP contribution in [0.3, 0.4) is 0 Å². The minimum atomic E-state index is -1.90. The van der Waals surface area contributed by atoms with Crippen LogP contribution < -0.4 is 0 Å². The lowest BCUT2D eigenvalue weighted by atomic mass is 9.90. The summed E-state index contributed by atoms with van der Waals surface area (Å²) in [6.45, 7) is 1.25. The van der Waals surface area contributed by atoms with Crippen LogP contribution in [-0.4, -0.2) is 62.3 Å². The minimum Gasteiger partial charge on any atom is -0.394 e. The maximum absolute atomic E-state index is 9.88. The zero-order chi connectivity index (χ0) is 11.6. The van der Waals surface area contributed by atoms with E-state index in [0.29, 0.717) is 6.42 Å². The average molecular weight is 222 g/mol. The van der Waals surface area contributed by atoms with Crippen LogP contribution in [0.5, 0.6) is 0 Å². The highest BCUT2D eigenvalue weighted by molar-refractivity contribution is 4.95. The summed E-state index contributed by atoms with van der Waals surface area (Å²) < 4.78 is 5.00. The van der Waals surface area contributed by atoms with E-state index in [-0.39, 0.29) is 6.42 Å². The largest absolute Gasteiger partial charge is 0.394 e. The van der Waals surface area contributed by atoms with Crippen molar-refractivity contribution in [1.82, 2.24) is 0 Å². The van der Waals surface area contributed by atoms with Gasteiger partial charge >= 0.3 is 0 Å². The molecule has 1 fully saturated rings. The third-order valence-electron chi connectivity index (χ3n) is 2.66. The maximum atomic E-state index is 9.88. The van der Waals surface area contributed by atoms with Gasteiger partial charge in [-0.05, 0) is 0 Å². The molecule has 15 heavy (non-hydrogen) atoms. The van der Waals surface area contributed by atoms with Crippen LogP contribution in [0, 0.1) is 0 Å². The Morgan fingerprint density at radius 3 is 2.27 bits per heavy atom. The number of aliphatic hydroxyl groups is 5. The Balaban J connectivity index is 2.82. The van der Waals surface area contributed by atoms with E-state index >= 15 is 0 Å². The van der Waals surface area contributed by atoms with E-state index in [1.54, 1.807) is 6.92 Å². The Hall–Kier alpha value is -0.240. The summed E-state index contributed by atoms with van der Waals surface area (Å²) in [5.41, 5.74) is 0. The quantitative estimate of drug-likeness (QED) is 0.376. The zero-order valence-corrected chi connectivity index (χ0v) is 8.58. The molecule has 1 rings (SSSR count). The predicted octanol–water partition coefficient (Wildman–Crippen LogP) is -2.05. The first-order valence-electron chi connectivity index (χ1n) is 5.01. The molecule has 0 bridgehead atoms. The molecular weight excluding hydrogens is 204 g/mol. The van der Waals surface area contributed by atoms with Crippen molar-refractivity contribution in [3.8, 4) is 0 Å². The number of hydrogen-bond acceptors (Lipinski definition) is 6. The Morgan fingerprint density at radius 1 is 1.20 bits per heavy atom. The van der Waals surface area contributed by atoms with Crippen molar-refractivity contribution >= 4 is 0 Å². The van der Waals surface area contributed by atoms with Crippen molar-refractivity contribution in [1.29, 1.82) is 0 Å². The van der Waals surface area contributed by atoms with Gasteiger partial charge in [0.2, 0.25) is 0 Å². The van der Waals surface area contributed by atoms with Gasteiger partial charge in [-0.3, -0.25) is 0 Å². The highest BCUT2D eigenvalue weighted by atomic mass is 16.7. The molecule has 90 valence electrons. The second kappa shape index (κ2) is 4.73. The highest BCUT2D eigenvalue weighted by Crippen LogP contribution is 2.31. The average Bonchev–Trinajstić information content (AvgIpc) is 2.21. The lowest BCUT2D eigenvalue weighted by Crippen LogP contribution is -2.65. The lowest BCUT2D eigenvalue weighted by Gasteiger charge is -2.45. The molecule has 0 radical (unpaired) electrons. The van der Waals surface area contributed by atoms with E-state index in [0.717, 1.165) is 0 Å². The van der Waals surface area contributed by atoms with Gasteiger partial charge in [-0.2, -0.15) is 0 Å². The van der Waals surface area contributed by atoms with Gasteiger partial charge in [0.05, 0.1) is 6.61 Å². The molecule has 5 atom stereocenters. The minimum absolute atomic E-state index is 0.119. The maximum Gasteiger partial charge on any atom is 0.195 e. The molecule has 6 nitrogen and oxygen atoms in total. The van der Waals surface area contributed by atoms with E-state index in [4.69, 9.17) is 9.84 Å². The Labute approximate surface area is 87.7 Å². The van der Waals surface area contributed by atoms with Crippen LogP contribution in [0.25, 0.3) is 0 Å². The fourth-order valence-corrected chi connectivity index (χ4v) is 1.79. The highest BCUT2D eigenvalue weighted by Gasteiger charge is 2.51. The molecule has 0 aromatic heterocycles. The van der Waals surface area contributed by atoms with Gasteiger partial charge in [-0.1, -0.05) is 13.3 Å². The first-order chi connectivity index (χ1) is 6.96. The van der Waals surface area contributed by atoms with Gasteiger partial charge in [-0.25, -0.2) is 0 Å². The van der Waals surface area contributed by atoms with E-state index < -0.39 is 36.8 Å². The van der Waals surface area contributed by atoms with Crippen LogP contribution in [-0.2, 0) is 4.74 Å². The van der Waals surface area contributed by atoms with Gasteiger partial charge in [0, 0.05) is 6.42 Å². The molecule has 5 N–H and O–H groups in total. The molecule has 1 saturated heterocycles. The Kier molecular flexibility index (Phi) is 4.05. The number of hydrogen-bond donors (Lipinski definition) is 5. The Bertz CT molecular complexity index is 209. The van der Waals surface area contributed by atoms with E-state index in [9.17, 15) is 20.4 Å². The van der Waals surface area contributed by atoms with Gasteiger partial charge in [0.15, 0.2) is 5.79 Å². The van der Waals surface area contributed by atoms with Crippen molar-refractivity contribution in [2.24, 2.45) is 0 Å². The van der Waals surface area contributed by atoms with Gasteiger partial charge in [-0.15, -0.1) is 0 Å². The summed E-state index contributed by atoms with van der Waals surface area (Å²) in [6.07, 6.45) is -4.92. The summed E-state index contributed by atoms with van der Waals surface area (Å²) in [7, 11) is 0. The normalized spacial score (nSPS) is 46.8. The first kappa shape index (κ1) is 12.8. The van der Waals surface area contributed by atoms with Gasteiger partial charge in [0.25, 0.3) is 0 Å². The van der Waals surface area contributed by atoms with Crippen molar-refractivity contribution in [2.75, 3.05) is 6.61 Å². The van der Waals surface area contributed by atoms with Crippen LogP contribution in [0.4, 0.5) is 0 Å². The van der Waals surface area contributed by atoms with Crippen LogP contribution in [0.15, 0.2) is 0 Å². The SMILES string of the molecule is CCC[C@@]1(O)O[C@H](CO)[C@H](O)[C@H](O)[C@H]1O. The van der Waals surface area contributed by atoms with Crippen molar-refractivity contribution < 1.29 is 30.3 Å². The molecule has 6 heteroatoms. The molecule has 1 heterocycles. The molecule has 0 unspecified atom stereocenters. The zero-order valence-electron chi connectivity index (χ0n) is 8.58. The first-order valence-corrected chi connectivity index (χ1v) is 5.01. The van der Waals surface area contributed by atoms with Gasteiger partial charge < -0.3 is 30.3 Å². The summed E-state index contributed by atoms with van der Waals surface area (Å²) in [5, 5.41) is 47.2. The van der Waals surface area contributed by atoms with Crippen molar-refractivity contribution in [3.63, 3.8) is 0 Å². The van der Waals surface area contributed by atoms with Gasteiger partial charge in [0.1, 0.15) is 24.4 Å². The fourth-order valence-electron chi connectivity index (χ4n) is 1.79. The predicted molar refractivity (Wildman–Crippen MR) is 49.8 cm³/mol. The molecule has 1 aliphatic rings. The van der Waals surface area contributed by atoms with E-state index in [1.165, 1.54) is 0 Å². The van der Waals surface area contributed by atoms with Crippen LogP contribution >= 0.6 is 0 Å². The molecule has 0 amide bonds. The number of rotatable bonds is 3. The third-order valence-corrected chi connectivity index (χ3v) is 2.66. The standard InChI is InChI=1S/C9H18O6/c1-2-3-9(14)8(13)7(12)6(11)5(4-10)15-9/h5-8,10-14H,2-4H2,1H3/t5-,6+,7+,8-,9-/m1/s1.